The molecule has 0 saturated carbocycles. The highest BCUT2D eigenvalue weighted by Gasteiger charge is 2.09. The Hall–Kier alpha value is -4.92. The molecule has 57 heavy (non-hydrogen) atoms. The Labute approximate surface area is 344 Å². The summed E-state index contributed by atoms with van der Waals surface area (Å²) in [6, 6.07) is 22.9. The van der Waals surface area contributed by atoms with E-state index in [4.69, 9.17) is 38.9 Å². The van der Waals surface area contributed by atoms with Crippen molar-refractivity contribution in [2.24, 2.45) is 0 Å². The van der Waals surface area contributed by atoms with Crippen LogP contribution in [-0.2, 0) is 0 Å². The van der Waals surface area contributed by atoms with Crippen LogP contribution in [0.2, 0.25) is 0 Å². The van der Waals surface area contributed by atoms with Crippen molar-refractivity contribution >= 4 is 5.69 Å². The number of aromatic hydroxyl groups is 1. The van der Waals surface area contributed by atoms with E-state index in [1.54, 1.807) is 18.2 Å². The molecule has 0 aliphatic carbocycles. The first-order valence-electron chi connectivity index (χ1n) is 20.4. The van der Waals surface area contributed by atoms with E-state index >= 15 is 0 Å². The number of aryl methyl sites for hydroxylation is 3. The Morgan fingerprint density at radius 2 is 0.719 bits per heavy atom. The number of rotatable bonds is 17. The fourth-order valence-electron chi connectivity index (χ4n) is 4.76. The summed E-state index contributed by atoms with van der Waals surface area (Å²) in [6.07, 6.45) is 3.57. The van der Waals surface area contributed by atoms with Crippen molar-refractivity contribution < 1.29 is 38.3 Å². The highest BCUT2D eigenvalue weighted by Crippen LogP contribution is 2.32. The minimum Gasteiger partial charge on any atom is -0.504 e. The topological polar surface area (TPSA) is 111 Å². The fourth-order valence-corrected chi connectivity index (χ4v) is 4.76. The van der Waals surface area contributed by atoms with Crippen LogP contribution < -0.4 is 38.9 Å². The van der Waals surface area contributed by atoms with Gasteiger partial charge in [-0.15, -0.1) is 0 Å². The Balaban J connectivity index is 0.000000381. The summed E-state index contributed by atoms with van der Waals surface area (Å²) < 4.78 is 39.2. The molecule has 0 bridgehead atoms. The quantitative estimate of drug-likeness (QED) is 0.101. The average molecular weight is 792 g/mol. The second-order valence-electron chi connectivity index (χ2n) is 14.8. The van der Waals surface area contributed by atoms with Gasteiger partial charge in [-0.1, -0.05) is 39.0 Å². The first-order chi connectivity index (χ1) is 27.0. The lowest BCUT2D eigenvalue weighted by Crippen LogP contribution is -2.08. The predicted octanol–water partition coefficient (Wildman–Crippen LogP) is 12.5. The lowest BCUT2D eigenvalue weighted by atomic mass is 10.2. The average Bonchev–Trinajstić information content (AvgIpc) is 3.13. The number of anilines is 1. The molecule has 0 atom stereocenters. The van der Waals surface area contributed by atoms with Gasteiger partial charge in [0.2, 0.25) is 0 Å². The molecule has 0 radical (unpaired) electrons. The Kier molecular flexibility index (Phi) is 24.3. The third-order valence-corrected chi connectivity index (χ3v) is 7.12. The summed E-state index contributed by atoms with van der Waals surface area (Å²) in [6.45, 7) is 30.3. The van der Waals surface area contributed by atoms with Crippen molar-refractivity contribution in [3.63, 3.8) is 0 Å². The van der Waals surface area contributed by atoms with Crippen LogP contribution >= 0.6 is 0 Å². The molecule has 0 unspecified atom stereocenters. The number of hydrogen-bond donors (Lipinski definition) is 2. The van der Waals surface area contributed by atoms with Gasteiger partial charge >= 0.3 is 0 Å². The first kappa shape index (κ1) is 50.1. The molecular weight excluding hydrogens is 719 g/mol. The van der Waals surface area contributed by atoms with Crippen LogP contribution in [0.25, 0.3) is 0 Å². The van der Waals surface area contributed by atoms with Crippen molar-refractivity contribution in [3.05, 3.63) is 89.5 Å². The predicted molar refractivity (Wildman–Crippen MR) is 236 cm³/mol. The Morgan fingerprint density at radius 3 is 1.05 bits per heavy atom. The highest BCUT2D eigenvalue weighted by atomic mass is 16.5. The van der Waals surface area contributed by atoms with Gasteiger partial charge in [-0.3, -0.25) is 0 Å². The smallest absolute Gasteiger partial charge is 0.163 e. The maximum Gasteiger partial charge on any atom is 0.163 e. The zero-order chi connectivity index (χ0) is 42.9. The van der Waals surface area contributed by atoms with E-state index in [2.05, 4.69) is 34.6 Å². The number of ether oxygens (including phenoxy) is 7. The van der Waals surface area contributed by atoms with Crippen molar-refractivity contribution in [3.8, 4) is 46.0 Å². The summed E-state index contributed by atoms with van der Waals surface area (Å²) in [5.74, 6) is 5.63. The third kappa shape index (κ3) is 21.8. The summed E-state index contributed by atoms with van der Waals surface area (Å²) in [5, 5.41) is 9.42. The molecule has 4 aromatic carbocycles. The zero-order valence-electron chi connectivity index (χ0n) is 37.4. The lowest BCUT2D eigenvalue weighted by molar-refractivity contribution is 0.221. The molecule has 0 spiro atoms. The molecule has 0 aliphatic heterocycles. The molecular formula is C48H73NO8. The normalized spacial score (nSPS) is 10.4. The maximum atomic E-state index is 9.42. The van der Waals surface area contributed by atoms with Crippen molar-refractivity contribution in [1.29, 1.82) is 0 Å². The molecule has 9 nitrogen and oxygen atoms in total. The van der Waals surface area contributed by atoms with Gasteiger partial charge in [0.1, 0.15) is 0 Å². The Morgan fingerprint density at radius 1 is 0.421 bits per heavy atom. The first-order valence-corrected chi connectivity index (χ1v) is 20.4. The zero-order valence-corrected chi connectivity index (χ0v) is 37.4. The molecule has 0 heterocycles. The van der Waals surface area contributed by atoms with E-state index in [9.17, 15) is 5.11 Å². The Bertz CT molecular complexity index is 1530. The van der Waals surface area contributed by atoms with Gasteiger partial charge in [-0.05, 0) is 161 Å². The second kappa shape index (κ2) is 27.6. The van der Waals surface area contributed by atoms with Gasteiger partial charge in [-0.25, -0.2) is 0 Å². The van der Waals surface area contributed by atoms with E-state index < -0.39 is 0 Å². The molecule has 4 rings (SSSR count). The molecule has 0 saturated heterocycles. The second-order valence-corrected chi connectivity index (χ2v) is 14.8. The van der Waals surface area contributed by atoms with Crippen LogP contribution in [0.1, 0.15) is 112 Å². The summed E-state index contributed by atoms with van der Waals surface area (Å²) in [7, 11) is 0. The van der Waals surface area contributed by atoms with Crippen LogP contribution in [-0.4, -0.2) is 49.3 Å². The standard InChI is InChI=1S/2C13H20O2.C12H19NO2.C10H14O2/c2*1-5-8-14-13-9-11(4)6-7-12(13)15-10(2)3;1-4-7-14-12-8-10(13)5-6-11(12)15-9(2)3;1-7(2)12-10-5-4-8(3)6-9(10)11/h2*6-7,9-10H,5,8H2,1-4H3;5-6,8-9H,4,7,13H2,1-3H3;4-7,11H,1-3H3. The van der Waals surface area contributed by atoms with E-state index in [1.807, 2.05) is 117 Å². The third-order valence-electron chi connectivity index (χ3n) is 7.12. The van der Waals surface area contributed by atoms with Crippen LogP contribution in [0.3, 0.4) is 0 Å². The summed E-state index contributed by atoms with van der Waals surface area (Å²) >= 11 is 0. The van der Waals surface area contributed by atoms with Crippen molar-refractivity contribution in [2.75, 3.05) is 25.6 Å². The molecule has 0 amide bonds. The molecule has 318 valence electrons. The largest absolute Gasteiger partial charge is 0.504 e. The summed E-state index contributed by atoms with van der Waals surface area (Å²) in [5.41, 5.74) is 9.80. The van der Waals surface area contributed by atoms with Gasteiger partial charge < -0.3 is 44.0 Å². The molecule has 4 aromatic rings. The van der Waals surface area contributed by atoms with E-state index in [1.165, 1.54) is 11.1 Å². The lowest BCUT2D eigenvalue weighted by Gasteiger charge is -2.15. The number of benzene rings is 4. The number of nitrogens with two attached hydrogens (primary N) is 1. The molecule has 9 heteroatoms. The van der Waals surface area contributed by atoms with Crippen LogP contribution in [0, 0.1) is 20.8 Å². The van der Waals surface area contributed by atoms with Crippen molar-refractivity contribution in [2.45, 2.75) is 141 Å². The fraction of sp³-hybridized carbons (Fsp3) is 0.500. The SMILES string of the molecule is CCCOc1cc(C)ccc1OC(C)C.CCCOc1cc(C)ccc1OC(C)C.CCCOc1cc(N)ccc1OC(C)C.Cc1ccc(OC(C)C)c(O)c1. The van der Waals surface area contributed by atoms with Crippen LogP contribution in [0.15, 0.2) is 72.8 Å². The van der Waals surface area contributed by atoms with E-state index in [0.29, 0.717) is 18.0 Å². The van der Waals surface area contributed by atoms with Crippen molar-refractivity contribution in [1.82, 2.24) is 0 Å². The van der Waals surface area contributed by atoms with E-state index in [-0.39, 0.29) is 30.2 Å². The molecule has 0 fully saturated rings. The van der Waals surface area contributed by atoms with E-state index in [0.717, 1.165) is 72.5 Å². The summed E-state index contributed by atoms with van der Waals surface area (Å²) in [4.78, 5) is 0. The van der Waals surface area contributed by atoms with Gasteiger partial charge in [0.25, 0.3) is 0 Å². The molecule has 0 aromatic heterocycles. The molecule has 3 N–H and O–H groups in total. The van der Waals surface area contributed by atoms with Crippen LogP contribution in [0.5, 0.6) is 46.0 Å². The minimum atomic E-state index is 0.0959. The van der Waals surface area contributed by atoms with Gasteiger partial charge in [0, 0.05) is 11.8 Å². The highest BCUT2D eigenvalue weighted by molar-refractivity contribution is 5.52. The monoisotopic (exact) mass is 792 g/mol. The van der Waals surface area contributed by atoms with Gasteiger partial charge in [-0.2, -0.15) is 0 Å². The number of phenolic OH excluding ortho intramolecular Hbond substituents is 1. The number of hydrogen-bond acceptors (Lipinski definition) is 9. The minimum absolute atomic E-state index is 0.0959. The maximum absolute atomic E-state index is 9.42. The number of nitrogen functional groups attached to an aromatic ring is 1. The van der Waals surface area contributed by atoms with Gasteiger partial charge in [0.05, 0.1) is 44.2 Å². The number of phenols is 1. The molecule has 0 aliphatic rings. The van der Waals surface area contributed by atoms with Crippen LogP contribution in [0.4, 0.5) is 5.69 Å². The van der Waals surface area contributed by atoms with Gasteiger partial charge in [0.15, 0.2) is 46.0 Å².